The van der Waals surface area contributed by atoms with Crippen LogP contribution in [0.5, 0.6) is 0 Å². The quantitative estimate of drug-likeness (QED) is 0.0243. The van der Waals surface area contributed by atoms with E-state index in [0.717, 1.165) is 70.6 Å². The lowest BCUT2D eigenvalue weighted by Crippen LogP contribution is -2.45. The molecule has 0 aliphatic rings. The Morgan fingerprint density at radius 2 is 0.952 bits per heavy atom. The first-order valence-electron chi connectivity index (χ1n) is 26.2. The number of quaternary nitrogens is 1. The molecule has 0 aromatic heterocycles. The molecular weight excluding hydrogens is 804 g/mol. The molecule has 9 heteroatoms. The molecule has 0 bridgehead atoms. The Morgan fingerprint density at radius 3 is 1.40 bits per heavy atom. The van der Waals surface area contributed by atoms with Gasteiger partial charge < -0.3 is 19.8 Å². The monoisotopic (exact) mass is 906 g/mol. The molecule has 0 rings (SSSR count). The van der Waals surface area contributed by atoms with Gasteiger partial charge in [0.05, 0.1) is 39.9 Å². The summed E-state index contributed by atoms with van der Waals surface area (Å²) < 4.78 is 23.4. The molecule has 0 heterocycles. The fourth-order valence-corrected chi connectivity index (χ4v) is 8.12. The van der Waals surface area contributed by atoms with E-state index in [0.29, 0.717) is 17.4 Å². The van der Waals surface area contributed by atoms with Crippen LogP contribution in [0.4, 0.5) is 0 Å². The van der Waals surface area contributed by atoms with Crippen LogP contribution in [0.2, 0.25) is 0 Å². The second-order valence-electron chi connectivity index (χ2n) is 18.9. The number of allylic oxidation sites excluding steroid dienone is 9. The predicted molar refractivity (Wildman–Crippen MR) is 272 cm³/mol. The number of amides is 1. The molecule has 8 nitrogen and oxygen atoms in total. The number of phosphoric ester groups is 1. The van der Waals surface area contributed by atoms with Crippen LogP contribution in [-0.4, -0.2) is 73.4 Å². The van der Waals surface area contributed by atoms with Gasteiger partial charge >= 0.3 is 7.82 Å². The van der Waals surface area contributed by atoms with Gasteiger partial charge in [-0.2, -0.15) is 0 Å². The van der Waals surface area contributed by atoms with Crippen molar-refractivity contribution in [1.29, 1.82) is 0 Å². The van der Waals surface area contributed by atoms with E-state index < -0.39 is 20.0 Å². The number of nitrogens with one attached hydrogen (secondary N) is 1. The molecule has 63 heavy (non-hydrogen) atoms. The van der Waals surface area contributed by atoms with Crippen molar-refractivity contribution in [1.82, 2.24) is 5.32 Å². The summed E-state index contributed by atoms with van der Waals surface area (Å²) in [5.41, 5.74) is 0. The molecule has 0 radical (unpaired) electrons. The maximum Gasteiger partial charge on any atom is 0.472 e. The molecule has 0 aliphatic heterocycles. The lowest BCUT2D eigenvalue weighted by atomic mass is 10.0. The Morgan fingerprint density at radius 1 is 0.556 bits per heavy atom. The lowest BCUT2D eigenvalue weighted by molar-refractivity contribution is -0.870. The summed E-state index contributed by atoms with van der Waals surface area (Å²) in [6, 6.07) is -0.842. The molecule has 0 aliphatic carbocycles. The number of hydrogen-bond acceptors (Lipinski definition) is 5. The molecule has 3 atom stereocenters. The highest BCUT2D eigenvalue weighted by atomic mass is 31.2. The summed E-state index contributed by atoms with van der Waals surface area (Å²) >= 11 is 0. The average molecular weight is 906 g/mol. The zero-order chi connectivity index (χ0) is 46.4. The Balaban J connectivity index is 3.80. The number of phosphoric acid groups is 1. The van der Waals surface area contributed by atoms with Gasteiger partial charge in [-0.05, 0) is 57.8 Å². The van der Waals surface area contributed by atoms with Gasteiger partial charge in [-0.15, -0.1) is 0 Å². The van der Waals surface area contributed by atoms with Gasteiger partial charge in [0.2, 0.25) is 5.91 Å². The third-order valence-electron chi connectivity index (χ3n) is 11.5. The van der Waals surface area contributed by atoms with Crippen LogP contribution in [0, 0.1) is 0 Å². The maximum absolute atomic E-state index is 12.8. The summed E-state index contributed by atoms with van der Waals surface area (Å²) in [4.78, 5) is 23.0. The summed E-state index contributed by atoms with van der Waals surface area (Å²) in [7, 11) is 1.57. The van der Waals surface area contributed by atoms with Gasteiger partial charge in [-0.1, -0.05) is 222 Å². The van der Waals surface area contributed by atoms with E-state index in [2.05, 4.69) is 67.8 Å². The number of hydrogen-bond donors (Lipinski definition) is 3. The van der Waals surface area contributed by atoms with E-state index in [1.165, 1.54) is 135 Å². The van der Waals surface area contributed by atoms with Crippen molar-refractivity contribution < 1.29 is 32.9 Å². The molecule has 0 aromatic carbocycles. The number of likely N-dealkylation sites (N-methyl/N-ethyl adjacent to an activating group) is 1. The molecule has 0 saturated carbocycles. The van der Waals surface area contributed by atoms with Gasteiger partial charge in [-0.25, -0.2) is 4.57 Å². The molecule has 3 N–H and O–H groups in total. The maximum atomic E-state index is 12.8. The van der Waals surface area contributed by atoms with Crippen molar-refractivity contribution in [2.75, 3.05) is 40.9 Å². The lowest BCUT2D eigenvalue weighted by Gasteiger charge is -2.25. The molecular formula is C54H102N2O6P+. The third-order valence-corrected chi connectivity index (χ3v) is 12.5. The van der Waals surface area contributed by atoms with E-state index in [1.54, 1.807) is 6.08 Å². The third kappa shape index (κ3) is 48.0. The highest BCUT2D eigenvalue weighted by Crippen LogP contribution is 2.43. The smallest absolute Gasteiger partial charge is 0.387 e. The second-order valence-corrected chi connectivity index (χ2v) is 20.3. The summed E-state index contributed by atoms with van der Waals surface area (Å²) in [6.07, 6.45) is 60.8. The number of aliphatic hydroxyl groups is 1. The van der Waals surface area contributed by atoms with Crippen LogP contribution < -0.4 is 5.32 Å². The molecule has 368 valence electrons. The van der Waals surface area contributed by atoms with Crippen molar-refractivity contribution in [3.63, 3.8) is 0 Å². The first kappa shape index (κ1) is 61.2. The Bertz CT molecular complexity index is 1210. The van der Waals surface area contributed by atoms with Crippen molar-refractivity contribution in [3.05, 3.63) is 60.8 Å². The van der Waals surface area contributed by atoms with Crippen LogP contribution in [-0.2, 0) is 18.4 Å². The Kier molecular flexibility index (Phi) is 44.1. The van der Waals surface area contributed by atoms with Crippen LogP contribution >= 0.6 is 7.82 Å². The number of aliphatic hydroxyl groups excluding tert-OH is 1. The number of carbonyl (C=O) groups excluding carboxylic acids is 1. The fraction of sp³-hybridized carbons (Fsp3) is 0.796. The summed E-state index contributed by atoms with van der Waals surface area (Å²) in [6.45, 7) is 4.62. The predicted octanol–water partition coefficient (Wildman–Crippen LogP) is 15.4. The first-order chi connectivity index (χ1) is 30.5. The first-order valence-corrected chi connectivity index (χ1v) is 27.7. The minimum atomic E-state index is -4.33. The molecule has 0 aromatic rings. The normalized spacial score (nSPS) is 14.6. The largest absolute Gasteiger partial charge is 0.472 e. The van der Waals surface area contributed by atoms with Crippen molar-refractivity contribution in [2.24, 2.45) is 0 Å². The highest BCUT2D eigenvalue weighted by molar-refractivity contribution is 7.47. The Labute approximate surface area is 390 Å². The van der Waals surface area contributed by atoms with Gasteiger partial charge in [0, 0.05) is 6.42 Å². The van der Waals surface area contributed by atoms with E-state index in [-0.39, 0.29) is 19.1 Å². The highest BCUT2D eigenvalue weighted by Gasteiger charge is 2.27. The van der Waals surface area contributed by atoms with Crippen LogP contribution in [0.25, 0.3) is 0 Å². The van der Waals surface area contributed by atoms with Crippen molar-refractivity contribution in [2.45, 2.75) is 238 Å². The number of nitrogens with zero attached hydrogens (tertiary/aromatic N) is 1. The minimum Gasteiger partial charge on any atom is -0.387 e. The van der Waals surface area contributed by atoms with Gasteiger partial charge in [0.1, 0.15) is 13.2 Å². The molecule has 3 unspecified atom stereocenters. The summed E-state index contributed by atoms with van der Waals surface area (Å²) in [5, 5.41) is 13.7. The van der Waals surface area contributed by atoms with E-state index in [4.69, 9.17) is 9.05 Å². The van der Waals surface area contributed by atoms with E-state index in [9.17, 15) is 19.4 Å². The van der Waals surface area contributed by atoms with Crippen molar-refractivity contribution >= 4 is 13.7 Å². The standard InChI is InChI=1S/C54H101N2O6P/c1-6-8-10-12-14-15-16-17-18-19-20-21-22-23-24-25-26-27-28-29-30-31-32-33-34-35-36-37-38-39-40-41-42-44-46-48-54(58)55-52(53(57)47-45-43-13-11-9-7-2)51-62-63(59,60)61-50-49-56(3,4)5/h8,10,14-15,17-18,20-21,45,47,52-53,57H,6-7,9,11-13,16,19,22-44,46,48-51H2,1-5H3,(H-,55,58,59,60)/p+1/b10-8-,15-14-,18-17-,21-20-,47-45+. The Hall–Kier alpha value is -1.80. The molecule has 0 saturated heterocycles. The zero-order valence-corrected chi connectivity index (χ0v) is 42.7. The second kappa shape index (κ2) is 45.4. The van der Waals surface area contributed by atoms with Crippen LogP contribution in [0.1, 0.15) is 226 Å². The number of unbranched alkanes of at least 4 members (excludes halogenated alkanes) is 26. The average Bonchev–Trinajstić information content (AvgIpc) is 3.24. The number of rotatable bonds is 47. The molecule has 0 fully saturated rings. The SMILES string of the molecule is CC/C=C\C/C=C\C/C=C\C/C=C\CCCCCCCCCCCCCCCCCCCCCCCCC(=O)NC(COP(=O)(O)OCC[N+](C)(C)C)C(O)/C=C/CCCCCC. The van der Waals surface area contributed by atoms with E-state index >= 15 is 0 Å². The van der Waals surface area contributed by atoms with Gasteiger partial charge in [0.25, 0.3) is 0 Å². The van der Waals surface area contributed by atoms with Crippen molar-refractivity contribution in [3.8, 4) is 0 Å². The van der Waals surface area contributed by atoms with Crippen LogP contribution in [0.15, 0.2) is 60.8 Å². The summed E-state index contributed by atoms with van der Waals surface area (Å²) in [5.74, 6) is -0.181. The minimum absolute atomic E-state index is 0.0609. The molecule has 0 spiro atoms. The topological polar surface area (TPSA) is 105 Å². The van der Waals surface area contributed by atoms with Gasteiger partial charge in [0.15, 0.2) is 0 Å². The zero-order valence-electron chi connectivity index (χ0n) is 41.8. The number of carbonyl (C=O) groups is 1. The van der Waals surface area contributed by atoms with Gasteiger partial charge in [-0.3, -0.25) is 13.8 Å². The van der Waals surface area contributed by atoms with E-state index in [1.807, 2.05) is 27.2 Å². The van der Waals surface area contributed by atoms with Crippen LogP contribution in [0.3, 0.4) is 0 Å². The molecule has 1 amide bonds. The fourth-order valence-electron chi connectivity index (χ4n) is 7.39.